The number of fused-ring (bicyclic) bond motifs is 1. The van der Waals surface area contributed by atoms with Crippen LogP contribution in [0.25, 0.3) is 10.3 Å². The van der Waals surface area contributed by atoms with E-state index < -0.39 is 0 Å². The Bertz CT molecular complexity index is 1190. The van der Waals surface area contributed by atoms with E-state index in [-0.39, 0.29) is 6.61 Å². The number of rotatable bonds is 11. The van der Waals surface area contributed by atoms with Gasteiger partial charge in [-0.25, -0.2) is 15.0 Å². The summed E-state index contributed by atoms with van der Waals surface area (Å²) in [7, 11) is 0. The maximum atomic E-state index is 9.59. The number of aliphatic hydroxyl groups excluding tert-OH is 1. The first-order chi connectivity index (χ1) is 16.2. The topological polar surface area (TPSA) is 97.4 Å². The van der Waals surface area contributed by atoms with Gasteiger partial charge < -0.3 is 20.5 Å². The van der Waals surface area contributed by atoms with Gasteiger partial charge in [-0.3, -0.25) is 0 Å². The number of thioether (sulfide) groups is 1. The van der Waals surface area contributed by atoms with Crippen molar-refractivity contribution in [3.8, 4) is 11.5 Å². The number of hydrogen-bond donors (Lipinski definition) is 2. The normalized spacial score (nSPS) is 11.1. The van der Waals surface area contributed by atoms with Crippen LogP contribution in [0.2, 0.25) is 0 Å². The van der Waals surface area contributed by atoms with E-state index in [0.29, 0.717) is 28.2 Å². The highest BCUT2D eigenvalue weighted by Crippen LogP contribution is 2.34. The summed E-state index contributed by atoms with van der Waals surface area (Å²) in [6.07, 6.45) is 2.07. The standard InChI is InChI=1S/C24H27N5O2S2/c1-2-3-12-29(13-14-30)22-20-21(26-23(25)33-20)27-24(28-22)32-16-17-8-7-11-19(15-17)31-18-9-5-4-6-10-18/h4-11,15,30H,2-3,12-14,16H2,1H3,(H2,25,26,27,28). The van der Waals surface area contributed by atoms with Crippen molar-refractivity contribution in [2.75, 3.05) is 30.3 Å². The molecule has 0 fully saturated rings. The van der Waals surface area contributed by atoms with Crippen LogP contribution >= 0.6 is 23.1 Å². The van der Waals surface area contributed by atoms with Crippen LogP contribution in [0.1, 0.15) is 25.3 Å². The molecule has 2 aromatic heterocycles. The summed E-state index contributed by atoms with van der Waals surface area (Å²) < 4.78 is 6.81. The van der Waals surface area contributed by atoms with Gasteiger partial charge >= 0.3 is 0 Å². The Morgan fingerprint density at radius 1 is 1.03 bits per heavy atom. The molecule has 4 aromatic rings. The van der Waals surface area contributed by atoms with Crippen molar-refractivity contribution in [3.05, 3.63) is 60.2 Å². The summed E-state index contributed by atoms with van der Waals surface area (Å²) in [5.74, 6) is 3.07. The van der Waals surface area contributed by atoms with Crippen molar-refractivity contribution >= 4 is 44.4 Å². The van der Waals surface area contributed by atoms with E-state index in [4.69, 9.17) is 15.5 Å². The maximum Gasteiger partial charge on any atom is 0.191 e. The number of hydrogen-bond acceptors (Lipinski definition) is 9. The predicted molar refractivity (Wildman–Crippen MR) is 136 cm³/mol. The molecule has 2 heterocycles. The van der Waals surface area contributed by atoms with E-state index in [2.05, 4.69) is 27.9 Å². The highest BCUT2D eigenvalue weighted by atomic mass is 32.2. The fraction of sp³-hybridized carbons (Fsp3) is 0.292. The quantitative estimate of drug-likeness (QED) is 0.218. The molecule has 4 rings (SSSR count). The molecular weight excluding hydrogens is 454 g/mol. The smallest absolute Gasteiger partial charge is 0.191 e. The Kier molecular flexibility index (Phi) is 7.98. The van der Waals surface area contributed by atoms with E-state index in [1.54, 1.807) is 11.8 Å². The molecule has 0 saturated carbocycles. The van der Waals surface area contributed by atoms with Gasteiger partial charge in [0.1, 0.15) is 16.2 Å². The van der Waals surface area contributed by atoms with Gasteiger partial charge in [0.25, 0.3) is 0 Å². The zero-order valence-corrected chi connectivity index (χ0v) is 20.1. The number of thiazole rings is 1. The molecule has 33 heavy (non-hydrogen) atoms. The summed E-state index contributed by atoms with van der Waals surface area (Å²) in [5, 5.41) is 10.7. The monoisotopic (exact) mass is 481 g/mol. The Hall–Kier alpha value is -2.88. The number of unbranched alkanes of at least 4 members (excludes halogenated alkanes) is 1. The first-order valence-corrected chi connectivity index (χ1v) is 12.7. The molecule has 2 aromatic carbocycles. The molecule has 3 N–H and O–H groups in total. The van der Waals surface area contributed by atoms with Crippen LogP contribution in [-0.4, -0.2) is 39.8 Å². The number of nitrogens with two attached hydrogens (primary N) is 1. The number of anilines is 2. The second-order valence-corrected chi connectivity index (χ2v) is 9.42. The molecule has 0 atom stereocenters. The average molecular weight is 482 g/mol. The Balaban J connectivity index is 1.54. The minimum Gasteiger partial charge on any atom is -0.457 e. The second kappa shape index (κ2) is 11.3. The number of para-hydroxylation sites is 1. The average Bonchev–Trinajstić information content (AvgIpc) is 3.21. The van der Waals surface area contributed by atoms with E-state index in [0.717, 1.165) is 47.0 Å². The summed E-state index contributed by atoms with van der Waals surface area (Å²) >= 11 is 2.93. The fourth-order valence-electron chi connectivity index (χ4n) is 3.35. The minimum absolute atomic E-state index is 0.0557. The number of nitrogens with zero attached hydrogens (tertiary/aromatic N) is 4. The number of benzene rings is 2. The van der Waals surface area contributed by atoms with Crippen molar-refractivity contribution in [1.82, 2.24) is 15.0 Å². The van der Waals surface area contributed by atoms with Crippen LogP contribution in [0.15, 0.2) is 59.8 Å². The summed E-state index contributed by atoms with van der Waals surface area (Å²) in [5.41, 5.74) is 7.69. The molecular formula is C24H27N5O2S2. The van der Waals surface area contributed by atoms with Gasteiger partial charge in [0, 0.05) is 18.8 Å². The molecule has 9 heteroatoms. The zero-order valence-electron chi connectivity index (χ0n) is 18.5. The molecule has 0 spiro atoms. The van der Waals surface area contributed by atoms with E-state index in [9.17, 15) is 5.11 Å². The minimum atomic E-state index is 0.0557. The molecule has 0 aliphatic heterocycles. The second-order valence-electron chi connectivity index (χ2n) is 7.45. The van der Waals surface area contributed by atoms with E-state index in [1.165, 1.54) is 11.3 Å². The van der Waals surface area contributed by atoms with E-state index in [1.807, 2.05) is 48.5 Å². The lowest BCUT2D eigenvalue weighted by Crippen LogP contribution is -2.28. The van der Waals surface area contributed by atoms with Crippen LogP contribution in [0.5, 0.6) is 11.5 Å². The van der Waals surface area contributed by atoms with Crippen molar-refractivity contribution in [2.45, 2.75) is 30.7 Å². The summed E-state index contributed by atoms with van der Waals surface area (Å²) in [6, 6.07) is 17.7. The van der Waals surface area contributed by atoms with Gasteiger partial charge in [-0.05, 0) is 36.2 Å². The number of nitrogen functional groups attached to an aromatic ring is 1. The summed E-state index contributed by atoms with van der Waals surface area (Å²) in [4.78, 5) is 16.0. The molecule has 172 valence electrons. The number of aliphatic hydroxyl groups is 1. The fourth-order valence-corrected chi connectivity index (χ4v) is 4.92. The van der Waals surface area contributed by atoms with Crippen LogP contribution in [0, 0.1) is 0 Å². The maximum absolute atomic E-state index is 9.59. The lowest BCUT2D eigenvalue weighted by Gasteiger charge is -2.23. The highest BCUT2D eigenvalue weighted by molar-refractivity contribution is 7.98. The molecule has 0 aliphatic carbocycles. The van der Waals surface area contributed by atoms with E-state index >= 15 is 0 Å². The molecule has 0 unspecified atom stereocenters. The SMILES string of the molecule is CCCCN(CCO)c1nc(SCc2cccc(Oc3ccccc3)c2)nc2nc(N)sc12. The van der Waals surface area contributed by atoms with Gasteiger partial charge in [-0.1, -0.05) is 66.8 Å². The first kappa shape index (κ1) is 23.3. The third-order valence-electron chi connectivity index (χ3n) is 4.93. The van der Waals surface area contributed by atoms with Crippen molar-refractivity contribution in [1.29, 1.82) is 0 Å². The Morgan fingerprint density at radius 2 is 1.85 bits per heavy atom. The molecule has 0 bridgehead atoms. The van der Waals surface area contributed by atoms with Crippen LogP contribution in [0.4, 0.5) is 10.9 Å². The van der Waals surface area contributed by atoms with Gasteiger partial charge in [0.05, 0.1) is 6.61 Å². The third kappa shape index (κ3) is 6.13. The highest BCUT2D eigenvalue weighted by Gasteiger charge is 2.18. The largest absolute Gasteiger partial charge is 0.457 e. The molecule has 0 aliphatic rings. The van der Waals surface area contributed by atoms with Gasteiger partial charge in [0.15, 0.2) is 21.8 Å². The Morgan fingerprint density at radius 3 is 2.64 bits per heavy atom. The number of aromatic nitrogens is 3. The lowest BCUT2D eigenvalue weighted by molar-refractivity contribution is 0.301. The predicted octanol–water partition coefficient (Wildman–Crippen LogP) is 5.35. The summed E-state index contributed by atoms with van der Waals surface area (Å²) in [6.45, 7) is 3.52. The lowest BCUT2D eigenvalue weighted by atomic mass is 10.2. The molecule has 0 saturated heterocycles. The van der Waals surface area contributed by atoms with Crippen LogP contribution < -0.4 is 15.4 Å². The van der Waals surface area contributed by atoms with Gasteiger partial charge in [0.2, 0.25) is 0 Å². The third-order valence-corrected chi connectivity index (χ3v) is 6.72. The van der Waals surface area contributed by atoms with Crippen molar-refractivity contribution in [2.24, 2.45) is 0 Å². The zero-order chi connectivity index (χ0) is 23.0. The number of ether oxygens (including phenoxy) is 1. The van der Waals surface area contributed by atoms with Crippen LogP contribution in [-0.2, 0) is 5.75 Å². The Labute approximate surface area is 201 Å². The van der Waals surface area contributed by atoms with Crippen molar-refractivity contribution < 1.29 is 9.84 Å². The van der Waals surface area contributed by atoms with Crippen LogP contribution in [0.3, 0.4) is 0 Å². The first-order valence-electron chi connectivity index (χ1n) is 10.9. The molecule has 7 nitrogen and oxygen atoms in total. The van der Waals surface area contributed by atoms with Crippen molar-refractivity contribution in [3.63, 3.8) is 0 Å². The molecule has 0 radical (unpaired) electrons. The van der Waals surface area contributed by atoms with Gasteiger partial charge in [-0.15, -0.1) is 0 Å². The van der Waals surface area contributed by atoms with Gasteiger partial charge in [-0.2, -0.15) is 0 Å². The molecule has 0 amide bonds.